The monoisotopic (exact) mass is 422 g/mol. The Labute approximate surface area is 178 Å². The number of hydrogen-bond acceptors (Lipinski definition) is 9. The summed E-state index contributed by atoms with van der Waals surface area (Å²) in [6, 6.07) is 6.98. The fourth-order valence-corrected chi connectivity index (χ4v) is 3.16. The van der Waals surface area contributed by atoms with Crippen LogP contribution in [0.5, 0.6) is 5.75 Å². The molecule has 0 spiro atoms. The number of carbonyl (C=O) groups is 1. The van der Waals surface area contributed by atoms with Gasteiger partial charge in [0.2, 0.25) is 0 Å². The summed E-state index contributed by atoms with van der Waals surface area (Å²) in [7, 11) is 0. The molecule has 0 saturated heterocycles. The standard InChI is InChI=1S/C21H22N6O4/c1-13-16(14(2)31-26-13)10-30-17-7-4-3-6-15(17)21(28)29-9-5-8-27-12-25-18-19(22)23-11-24-20(18)27/h3-4,6-7,11-12H,5,8-10H2,1-2H3,(H2,22,23,24). The summed E-state index contributed by atoms with van der Waals surface area (Å²) in [6.07, 6.45) is 3.63. The quantitative estimate of drug-likeness (QED) is 0.336. The third kappa shape index (κ3) is 4.32. The molecule has 3 heterocycles. The molecule has 31 heavy (non-hydrogen) atoms. The molecular weight excluding hydrogens is 400 g/mol. The SMILES string of the molecule is Cc1noc(C)c1COc1ccccc1C(=O)OCCCn1cnc2c(N)ncnc21. The Bertz CT molecular complexity index is 1200. The lowest BCUT2D eigenvalue weighted by Crippen LogP contribution is -2.11. The minimum absolute atomic E-state index is 0.233. The Morgan fingerprint density at radius 1 is 1.19 bits per heavy atom. The van der Waals surface area contributed by atoms with Crippen molar-refractivity contribution in [1.82, 2.24) is 24.7 Å². The third-order valence-corrected chi connectivity index (χ3v) is 4.87. The number of aromatic nitrogens is 5. The number of nitrogens with two attached hydrogens (primary N) is 1. The number of esters is 1. The molecule has 0 unspecified atom stereocenters. The maximum atomic E-state index is 12.6. The number of anilines is 1. The molecule has 0 aliphatic carbocycles. The van der Waals surface area contributed by atoms with Gasteiger partial charge in [-0.25, -0.2) is 19.7 Å². The number of hydrogen-bond donors (Lipinski definition) is 1. The molecule has 0 amide bonds. The van der Waals surface area contributed by atoms with Gasteiger partial charge in [-0.05, 0) is 32.4 Å². The Morgan fingerprint density at radius 2 is 2.03 bits per heavy atom. The molecule has 0 fully saturated rings. The van der Waals surface area contributed by atoms with E-state index in [0.29, 0.717) is 47.0 Å². The van der Waals surface area contributed by atoms with Crippen LogP contribution >= 0.6 is 0 Å². The number of nitrogens with zero attached hydrogens (tertiary/aromatic N) is 5. The Kier molecular flexibility index (Phi) is 5.78. The van der Waals surface area contributed by atoms with Crippen LogP contribution in [0, 0.1) is 13.8 Å². The van der Waals surface area contributed by atoms with Gasteiger partial charge in [0.15, 0.2) is 11.5 Å². The van der Waals surface area contributed by atoms with Crippen LogP contribution in [0.2, 0.25) is 0 Å². The van der Waals surface area contributed by atoms with E-state index < -0.39 is 5.97 Å². The summed E-state index contributed by atoms with van der Waals surface area (Å²) in [5.74, 6) is 1.02. The number of fused-ring (bicyclic) bond motifs is 1. The molecular formula is C21H22N6O4. The lowest BCUT2D eigenvalue weighted by molar-refractivity contribution is 0.0491. The first-order valence-electron chi connectivity index (χ1n) is 9.76. The van der Waals surface area contributed by atoms with Crippen molar-refractivity contribution in [2.45, 2.75) is 33.4 Å². The van der Waals surface area contributed by atoms with Gasteiger partial charge < -0.3 is 24.3 Å². The van der Waals surface area contributed by atoms with E-state index >= 15 is 0 Å². The van der Waals surface area contributed by atoms with Gasteiger partial charge in [-0.2, -0.15) is 0 Å². The van der Waals surface area contributed by atoms with Crippen LogP contribution in [0.1, 0.15) is 33.8 Å². The summed E-state index contributed by atoms with van der Waals surface area (Å²) < 4.78 is 18.3. The van der Waals surface area contributed by atoms with Gasteiger partial charge in [0.05, 0.1) is 24.2 Å². The van der Waals surface area contributed by atoms with Gasteiger partial charge in [0.25, 0.3) is 0 Å². The van der Waals surface area contributed by atoms with Crippen molar-refractivity contribution in [2.24, 2.45) is 0 Å². The number of aryl methyl sites for hydroxylation is 3. The van der Waals surface area contributed by atoms with Crippen LogP contribution in [-0.2, 0) is 17.9 Å². The van der Waals surface area contributed by atoms with Crippen molar-refractivity contribution in [3.8, 4) is 5.75 Å². The molecule has 10 heteroatoms. The van der Waals surface area contributed by atoms with Crippen molar-refractivity contribution in [2.75, 3.05) is 12.3 Å². The van der Waals surface area contributed by atoms with Crippen molar-refractivity contribution in [3.05, 3.63) is 59.5 Å². The third-order valence-electron chi connectivity index (χ3n) is 4.87. The average molecular weight is 422 g/mol. The summed E-state index contributed by atoms with van der Waals surface area (Å²) in [4.78, 5) is 24.9. The first kappa shape index (κ1) is 20.3. The van der Waals surface area contributed by atoms with Gasteiger partial charge >= 0.3 is 5.97 Å². The topological polar surface area (TPSA) is 131 Å². The fourth-order valence-electron chi connectivity index (χ4n) is 3.16. The summed E-state index contributed by atoms with van der Waals surface area (Å²) >= 11 is 0. The minimum atomic E-state index is -0.448. The lowest BCUT2D eigenvalue weighted by atomic mass is 10.2. The highest BCUT2D eigenvalue weighted by Crippen LogP contribution is 2.22. The molecule has 0 radical (unpaired) electrons. The molecule has 0 atom stereocenters. The van der Waals surface area contributed by atoms with Crippen LogP contribution < -0.4 is 10.5 Å². The van der Waals surface area contributed by atoms with E-state index in [1.165, 1.54) is 6.33 Å². The predicted molar refractivity (Wildman–Crippen MR) is 111 cm³/mol. The Morgan fingerprint density at radius 3 is 2.84 bits per heavy atom. The second-order valence-electron chi connectivity index (χ2n) is 6.95. The minimum Gasteiger partial charge on any atom is -0.488 e. The van der Waals surface area contributed by atoms with Crippen LogP contribution in [0.3, 0.4) is 0 Å². The van der Waals surface area contributed by atoms with Gasteiger partial charge in [0.1, 0.15) is 35.5 Å². The zero-order valence-electron chi connectivity index (χ0n) is 17.2. The smallest absolute Gasteiger partial charge is 0.341 e. The highest BCUT2D eigenvalue weighted by Gasteiger charge is 2.16. The van der Waals surface area contributed by atoms with Gasteiger partial charge in [-0.1, -0.05) is 17.3 Å². The normalized spacial score (nSPS) is 11.0. The first-order valence-corrected chi connectivity index (χ1v) is 9.76. The first-order chi connectivity index (χ1) is 15.0. The zero-order valence-corrected chi connectivity index (χ0v) is 17.2. The summed E-state index contributed by atoms with van der Waals surface area (Å²) in [6.45, 7) is 4.73. The largest absolute Gasteiger partial charge is 0.488 e. The van der Waals surface area contributed by atoms with E-state index in [1.54, 1.807) is 30.6 Å². The predicted octanol–water partition coefficient (Wildman–Crippen LogP) is 2.84. The van der Waals surface area contributed by atoms with Crippen molar-refractivity contribution in [1.29, 1.82) is 0 Å². The summed E-state index contributed by atoms with van der Waals surface area (Å²) in [5, 5.41) is 3.91. The average Bonchev–Trinajstić information content (AvgIpc) is 3.33. The number of nitrogen functional groups attached to an aromatic ring is 1. The van der Waals surface area contributed by atoms with Crippen LogP contribution in [0.25, 0.3) is 11.2 Å². The second-order valence-corrected chi connectivity index (χ2v) is 6.95. The molecule has 0 bridgehead atoms. The number of imidazole rings is 1. The van der Waals surface area contributed by atoms with Gasteiger partial charge in [0, 0.05) is 6.54 Å². The summed E-state index contributed by atoms with van der Waals surface area (Å²) in [5.41, 5.74) is 8.99. The molecule has 3 aromatic heterocycles. The van der Waals surface area contributed by atoms with E-state index in [-0.39, 0.29) is 13.2 Å². The van der Waals surface area contributed by atoms with Crippen LogP contribution in [0.4, 0.5) is 5.82 Å². The second kappa shape index (κ2) is 8.82. The van der Waals surface area contributed by atoms with Gasteiger partial charge in [-0.15, -0.1) is 0 Å². The number of ether oxygens (including phenoxy) is 2. The lowest BCUT2D eigenvalue weighted by Gasteiger charge is -2.11. The van der Waals surface area contributed by atoms with Crippen LogP contribution in [0.15, 0.2) is 41.4 Å². The van der Waals surface area contributed by atoms with E-state index in [9.17, 15) is 4.79 Å². The number of benzene rings is 1. The van der Waals surface area contributed by atoms with E-state index in [2.05, 4.69) is 20.1 Å². The van der Waals surface area contributed by atoms with Crippen molar-refractivity contribution >= 4 is 23.0 Å². The molecule has 160 valence electrons. The molecule has 10 nitrogen and oxygen atoms in total. The van der Waals surface area contributed by atoms with Gasteiger partial charge in [-0.3, -0.25) is 0 Å². The maximum Gasteiger partial charge on any atom is 0.341 e. The molecule has 0 aliphatic heterocycles. The number of rotatable bonds is 8. The Hall–Kier alpha value is -3.95. The van der Waals surface area contributed by atoms with Crippen molar-refractivity contribution in [3.63, 3.8) is 0 Å². The van der Waals surface area contributed by atoms with E-state index in [4.69, 9.17) is 19.7 Å². The van der Waals surface area contributed by atoms with E-state index in [1.807, 2.05) is 18.4 Å². The van der Waals surface area contributed by atoms with E-state index in [0.717, 1.165) is 11.3 Å². The Balaban J connectivity index is 1.34. The highest BCUT2D eigenvalue weighted by atomic mass is 16.5. The molecule has 0 saturated carbocycles. The highest BCUT2D eigenvalue weighted by molar-refractivity contribution is 5.92. The maximum absolute atomic E-state index is 12.6. The molecule has 1 aromatic carbocycles. The fraction of sp³-hybridized carbons (Fsp3) is 0.286. The molecule has 4 aromatic rings. The molecule has 0 aliphatic rings. The van der Waals surface area contributed by atoms with Crippen LogP contribution in [-0.4, -0.2) is 37.3 Å². The number of para-hydroxylation sites is 1. The van der Waals surface area contributed by atoms with Crippen molar-refractivity contribution < 1.29 is 18.8 Å². The molecule has 2 N–H and O–H groups in total. The number of carbonyl (C=O) groups excluding carboxylic acids is 1. The zero-order chi connectivity index (χ0) is 21.8. The molecule has 4 rings (SSSR count).